The second-order valence-corrected chi connectivity index (χ2v) is 6.24. The largest absolute Gasteiger partial charge is 0.366 e. The van der Waals surface area contributed by atoms with E-state index in [2.05, 4.69) is 67.3 Å². The molecule has 0 amide bonds. The van der Waals surface area contributed by atoms with Crippen LogP contribution in [0.25, 0.3) is 0 Å². The van der Waals surface area contributed by atoms with Crippen LogP contribution < -0.4 is 4.90 Å². The molecular formula is C18H20ClN. The summed E-state index contributed by atoms with van der Waals surface area (Å²) >= 11 is 6.63. The van der Waals surface area contributed by atoms with Crippen LogP contribution in [0.2, 0.25) is 0 Å². The molecule has 0 saturated carbocycles. The smallest absolute Gasteiger partial charge is 0.0760 e. The molecule has 2 unspecified atom stereocenters. The Hall–Kier alpha value is -1.47. The molecule has 2 heteroatoms. The van der Waals surface area contributed by atoms with Gasteiger partial charge in [-0.3, -0.25) is 0 Å². The van der Waals surface area contributed by atoms with Gasteiger partial charge in [0, 0.05) is 18.3 Å². The van der Waals surface area contributed by atoms with Crippen molar-refractivity contribution in [2.24, 2.45) is 0 Å². The van der Waals surface area contributed by atoms with Crippen LogP contribution in [0.5, 0.6) is 0 Å². The van der Waals surface area contributed by atoms with E-state index in [1.165, 1.54) is 22.4 Å². The molecule has 2 aromatic carbocycles. The summed E-state index contributed by atoms with van der Waals surface area (Å²) in [7, 11) is 0. The molecule has 0 aromatic heterocycles. The highest BCUT2D eigenvalue weighted by atomic mass is 35.5. The zero-order chi connectivity index (χ0) is 14.1. The first-order valence-electron chi connectivity index (χ1n) is 7.20. The molecule has 1 aliphatic heterocycles. The summed E-state index contributed by atoms with van der Waals surface area (Å²) in [5.74, 6) is 0. The quantitative estimate of drug-likeness (QED) is 0.737. The fourth-order valence-corrected chi connectivity index (χ4v) is 3.26. The highest BCUT2D eigenvalue weighted by molar-refractivity contribution is 6.21. The summed E-state index contributed by atoms with van der Waals surface area (Å²) in [6.07, 6.45) is 1.12. The van der Waals surface area contributed by atoms with E-state index in [0.29, 0.717) is 6.04 Å². The minimum Gasteiger partial charge on any atom is -0.366 e. The van der Waals surface area contributed by atoms with Crippen molar-refractivity contribution in [1.29, 1.82) is 0 Å². The number of aryl methyl sites for hydroxylation is 1. The Balaban J connectivity index is 1.79. The highest BCUT2D eigenvalue weighted by Crippen LogP contribution is 2.34. The van der Waals surface area contributed by atoms with E-state index in [0.717, 1.165) is 13.0 Å². The van der Waals surface area contributed by atoms with Crippen LogP contribution in [-0.4, -0.2) is 12.6 Å². The van der Waals surface area contributed by atoms with Gasteiger partial charge in [-0.25, -0.2) is 0 Å². The van der Waals surface area contributed by atoms with Gasteiger partial charge < -0.3 is 4.90 Å². The lowest BCUT2D eigenvalue weighted by Crippen LogP contribution is -2.32. The first-order chi connectivity index (χ1) is 9.65. The molecular weight excluding hydrogens is 266 g/mol. The standard InChI is InChI=1S/C18H20ClN/c1-13-7-9-15(10-8-13)17(19)12-20-14(2)11-16-5-3-4-6-18(16)20/h3-10,14,17H,11-12H2,1-2H3. The molecule has 0 spiro atoms. The van der Waals surface area contributed by atoms with Gasteiger partial charge in [-0.15, -0.1) is 11.6 Å². The Morgan fingerprint density at radius 2 is 1.85 bits per heavy atom. The molecule has 1 aliphatic rings. The summed E-state index contributed by atoms with van der Waals surface area (Å²) in [6, 6.07) is 17.7. The minimum atomic E-state index is 0.0317. The number of hydrogen-bond donors (Lipinski definition) is 0. The van der Waals surface area contributed by atoms with Crippen molar-refractivity contribution in [2.45, 2.75) is 31.7 Å². The van der Waals surface area contributed by atoms with E-state index < -0.39 is 0 Å². The topological polar surface area (TPSA) is 3.24 Å². The molecule has 0 N–H and O–H groups in total. The van der Waals surface area contributed by atoms with Crippen molar-refractivity contribution in [3.05, 3.63) is 65.2 Å². The third-order valence-corrected chi connectivity index (χ3v) is 4.53. The summed E-state index contributed by atoms with van der Waals surface area (Å²) < 4.78 is 0. The molecule has 0 aliphatic carbocycles. The Kier molecular flexibility index (Phi) is 3.71. The molecule has 1 nitrogen and oxygen atoms in total. The Bertz CT molecular complexity index is 591. The fraction of sp³-hybridized carbons (Fsp3) is 0.333. The van der Waals surface area contributed by atoms with Crippen molar-refractivity contribution < 1.29 is 0 Å². The van der Waals surface area contributed by atoms with Gasteiger partial charge in [-0.05, 0) is 37.5 Å². The minimum absolute atomic E-state index is 0.0317. The van der Waals surface area contributed by atoms with Crippen molar-refractivity contribution in [1.82, 2.24) is 0 Å². The van der Waals surface area contributed by atoms with E-state index >= 15 is 0 Å². The van der Waals surface area contributed by atoms with Gasteiger partial charge in [-0.1, -0.05) is 48.0 Å². The van der Waals surface area contributed by atoms with E-state index in [-0.39, 0.29) is 5.38 Å². The maximum atomic E-state index is 6.63. The number of alkyl halides is 1. The zero-order valence-electron chi connectivity index (χ0n) is 12.0. The van der Waals surface area contributed by atoms with Crippen molar-refractivity contribution in [2.75, 3.05) is 11.4 Å². The lowest BCUT2D eigenvalue weighted by atomic mass is 10.1. The number of rotatable bonds is 3. The lowest BCUT2D eigenvalue weighted by molar-refractivity contribution is 0.662. The molecule has 3 rings (SSSR count). The number of nitrogens with zero attached hydrogens (tertiary/aromatic N) is 1. The average Bonchev–Trinajstić information content (AvgIpc) is 2.76. The third-order valence-electron chi connectivity index (χ3n) is 4.14. The van der Waals surface area contributed by atoms with Crippen LogP contribution >= 0.6 is 11.6 Å². The SMILES string of the molecule is Cc1ccc(C(Cl)CN2c3ccccc3CC2C)cc1. The first kappa shape index (κ1) is 13.5. The normalized spacial score (nSPS) is 18.9. The molecule has 2 aromatic rings. The predicted octanol–water partition coefficient (Wildman–Crippen LogP) is 4.73. The summed E-state index contributed by atoms with van der Waals surface area (Å²) in [4.78, 5) is 2.44. The molecule has 20 heavy (non-hydrogen) atoms. The number of hydrogen-bond acceptors (Lipinski definition) is 1. The second kappa shape index (κ2) is 5.49. The Morgan fingerprint density at radius 3 is 2.60 bits per heavy atom. The zero-order valence-corrected chi connectivity index (χ0v) is 12.8. The number of halogens is 1. The highest BCUT2D eigenvalue weighted by Gasteiger charge is 2.27. The monoisotopic (exact) mass is 285 g/mol. The average molecular weight is 286 g/mol. The molecule has 1 heterocycles. The van der Waals surface area contributed by atoms with E-state index in [1.807, 2.05) is 0 Å². The lowest BCUT2D eigenvalue weighted by Gasteiger charge is -2.27. The van der Waals surface area contributed by atoms with Gasteiger partial charge >= 0.3 is 0 Å². The molecule has 0 bridgehead atoms. The Morgan fingerprint density at radius 1 is 1.15 bits per heavy atom. The molecule has 104 valence electrons. The van der Waals surface area contributed by atoms with Gasteiger partial charge in [0.15, 0.2) is 0 Å². The van der Waals surface area contributed by atoms with Crippen LogP contribution in [0.15, 0.2) is 48.5 Å². The van der Waals surface area contributed by atoms with Crippen LogP contribution in [0.4, 0.5) is 5.69 Å². The maximum absolute atomic E-state index is 6.63. The van der Waals surface area contributed by atoms with E-state index in [1.54, 1.807) is 0 Å². The maximum Gasteiger partial charge on any atom is 0.0760 e. The van der Waals surface area contributed by atoms with Gasteiger partial charge in [0.25, 0.3) is 0 Å². The number of para-hydroxylation sites is 1. The van der Waals surface area contributed by atoms with Gasteiger partial charge in [-0.2, -0.15) is 0 Å². The molecule has 0 radical (unpaired) electrons. The first-order valence-corrected chi connectivity index (χ1v) is 7.64. The third kappa shape index (κ3) is 2.55. The van der Waals surface area contributed by atoms with Gasteiger partial charge in [0.2, 0.25) is 0 Å². The van der Waals surface area contributed by atoms with Gasteiger partial charge in [0.05, 0.1) is 5.38 Å². The number of benzene rings is 2. The Labute approximate surface area is 126 Å². The number of fused-ring (bicyclic) bond motifs is 1. The van der Waals surface area contributed by atoms with Crippen LogP contribution in [0.3, 0.4) is 0 Å². The van der Waals surface area contributed by atoms with Crippen molar-refractivity contribution in [3.63, 3.8) is 0 Å². The molecule has 2 atom stereocenters. The van der Waals surface area contributed by atoms with Crippen molar-refractivity contribution >= 4 is 17.3 Å². The van der Waals surface area contributed by atoms with Crippen LogP contribution in [0, 0.1) is 6.92 Å². The summed E-state index contributed by atoms with van der Waals surface area (Å²) in [5, 5.41) is 0.0317. The predicted molar refractivity (Wildman–Crippen MR) is 86.7 cm³/mol. The summed E-state index contributed by atoms with van der Waals surface area (Å²) in [6.45, 7) is 5.24. The number of anilines is 1. The van der Waals surface area contributed by atoms with Gasteiger partial charge in [0.1, 0.15) is 0 Å². The van der Waals surface area contributed by atoms with Crippen LogP contribution in [-0.2, 0) is 6.42 Å². The van der Waals surface area contributed by atoms with Crippen molar-refractivity contribution in [3.8, 4) is 0 Å². The molecule has 0 saturated heterocycles. The summed E-state index contributed by atoms with van der Waals surface area (Å²) in [5.41, 5.74) is 5.26. The fourth-order valence-electron chi connectivity index (χ4n) is 2.96. The molecule has 0 fully saturated rings. The van der Waals surface area contributed by atoms with E-state index in [4.69, 9.17) is 11.6 Å². The van der Waals surface area contributed by atoms with E-state index in [9.17, 15) is 0 Å². The second-order valence-electron chi connectivity index (χ2n) is 5.71. The van der Waals surface area contributed by atoms with Crippen LogP contribution in [0.1, 0.15) is 29.0 Å².